The van der Waals surface area contributed by atoms with Crippen LogP contribution >= 0.6 is 23.1 Å². The average molecular weight is 481 g/mol. The summed E-state index contributed by atoms with van der Waals surface area (Å²) in [5.74, 6) is 1.80. The smallest absolute Gasteiger partial charge is 0.259 e. The number of amides is 1. The molecule has 1 amide bonds. The number of hydrogen-bond donors (Lipinski definition) is 2. The molecule has 1 atom stereocenters. The van der Waals surface area contributed by atoms with Gasteiger partial charge in [-0.25, -0.2) is 4.98 Å². The molecule has 0 saturated carbocycles. The van der Waals surface area contributed by atoms with Crippen LogP contribution in [0.2, 0.25) is 0 Å². The molecule has 1 unspecified atom stereocenters. The highest BCUT2D eigenvalue weighted by Gasteiger charge is 2.28. The molecule has 1 aliphatic heterocycles. The number of H-pyrrole nitrogens is 2. The lowest BCUT2D eigenvalue weighted by atomic mass is 9.89. The Labute approximate surface area is 200 Å². The molecule has 8 heteroatoms. The van der Waals surface area contributed by atoms with Gasteiger partial charge in [-0.1, -0.05) is 18.2 Å². The third kappa shape index (κ3) is 4.22. The topological polar surface area (TPSA) is 81.8 Å². The molecule has 3 aromatic heterocycles. The first kappa shape index (κ1) is 22.2. The minimum absolute atomic E-state index is 0.0872. The standard InChI is InChI=1S/C25H28N4O2S2/c1-14-15(2)33-24-22(14)23(30)27-21(28-24)13-32-16(3)25(31)29-10-8-17(9-11-29)19-12-26-20-7-5-4-6-18(19)20/h4-7,12,16-17,26H,8-11,13H2,1-3H3,(H,27,28,30). The summed E-state index contributed by atoms with van der Waals surface area (Å²) in [7, 11) is 0. The zero-order valence-electron chi connectivity index (χ0n) is 19.1. The summed E-state index contributed by atoms with van der Waals surface area (Å²) < 4.78 is 0. The van der Waals surface area contributed by atoms with E-state index >= 15 is 0 Å². The van der Waals surface area contributed by atoms with Gasteiger partial charge < -0.3 is 14.9 Å². The SMILES string of the molecule is Cc1sc2nc(CSC(C)C(=O)N3CCC(c4c[nH]c5ccccc45)CC3)[nH]c(=O)c2c1C. The average Bonchev–Trinajstić information content (AvgIpc) is 3.38. The van der Waals surface area contributed by atoms with E-state index in [1.165, 1.54) is 28.2 Å². The van der Waals surface area contributed by atoms with E-state index in [0.717, 1.165) is 41.2 Å². The molecule has 4 heterocycles. The molecule has 1 aromatic carbocycles. The molecule has 33 heavy (non-hydrogen) atoms. The van der Waals surface area contributed by atoms with Crippen LogP contribution in [-0.4, -0.2) is 44.1 Å². The number of likely N-dealkylation sites (tertiary alicyclic amines) is 1. The molecule has 5 rings (SSSR count). The highest BCUT2D eigenvalue weighted by Crippen LogP contribution is 2.34. The molecular formula is C25H28N4O2S2. The lowest BCUT2D eigenvalue weighted by Crippen LogP contribution is -2.41. The van der Waals surface area contributed by atoms with Gasteiger partial charge >= 0.3 is 0 Å². The lowest BCUT2D eigenvalue weighted by molar-refractivity contribution is -0.131. The fourth-order valence-electron chi connectivity index (χ4n) is 4.74. The predicted molar refractivity (Wildman–Crippen MR) is 137 cm³/mol. The predicted octanol–water partition coefficient (Wildman–Crippen LogP) is 5.11. The van der Waals surface area contributed by atoms with E-state index in [2.05, 4.69) is 45.4 Å². The van der Waals surface area contributed by atoms with Gasteiger partial charge in [0.05, 0.1) is 16.4 Å². The van der Waals surface area contributed by atoms with Gasteiger partial charge in [0.15, 0.2) is 0 Å². The minimum Gasteiger partial charge on any atom is -0.361 e. The number of rotatable bonds is 5. The van der Waals surface area contributed by atoms with Crippen LogP contribution in [-0.2, 0) is 10.5 Å². The van der Waals surface area contributed by atoms with Gasteiger partial charge in [0.2, 0.25) is 5.91 Å². The molecule has 2 N–H and O–H groups in total. The first-order valence-corrected chi connectivity index (χ1v) is 13.2. The fourth-order valence-corrected chi connectivity index (χ4v) is 6.63. The second-order valence-corrected chi connectivity index (χ2v) is 11.4. The Morgan fingerprint density at radius 3 is 2.82 bits per heavy atom. The maximum atomic E-state index is 13.1. The van der Waals surface area contributed by atoms with Crippen molar-refractivity contribution in [3.8, 4) is 0 Å². The third-order valence-electron chi connectivity index (χ3n) is 6.77. The molecule has 4 aromatic rings. The third-order valence-corrected chi connectivity index (χ3v) is 9.02. The largest absolute Gasteiger partial charge is 0.361 e. The number of aryl methyl sites for hydroxylation is 2. The number of thioether (sulfide) groups is 1. The van der Waals surface area contributed by atoms with Crippen LogP contribution in [0.4, 0.5) is 0 Å². The molecule has 0 spiro atoms. The van der Waals surface area contributed by atoms with E-state index in [4.69, 9.17) is 0 Å². The van der Waals surface area contributed by atoms with Crippen molar-refractivity contribution in [2.45, 2.75) is 50.5 Å². The van der Waals surface area contributed by atoms with Crippen LogP contribution in [0.25, 0.3) is 21.1 Å². The molecule has 6 nitrogen and oxygen atoms in total. The Bertz CT molecular complexity index is 1380. The van der Waals surface area contributed by atoms with Crippen LogP contribution in [0.1, 0.15) is 47.5 Å². The maximum Gasteiger partial charge on any atom is 0.259 e. The van der Waals surface area contributed by atoms with Crippen molar-refractivity contribution in [2.24, 2.45) is 0 Å². The number of thiophene rings is 1. The number of piperidine rings is 1. The highest BCUT2D eigenvalue weighted by atomic mass is 32.2. The van der Waals surface area contributed by atoms with Gasteiger partial charge in [0, 0.05) is 35.1 Å². The second kappa shape index (κ2) is 8.99. The molecule has 1 saturated heterocycles. The van der Waals surface area contributed by atoms with E-state index in [1.807, 2.05) is 25.7 Å². The summed E-state index contributed by atoms with van der Waals surface area (Å²) in [6.07, 6.45) is 4.09. The molecule has 1 aliphatic rings. The summed E-state index contributed by atoms with van der Waals surface area (Å²) >= 11 is 3.09. The Hall–Kier alpha value is -2.58. The monoisotopic (exact) mass is 480 g/mol. The molecular weight excluding hydrogens is 452 g/mol. The van der Waals surface area contributed by atoms with E-state index in [1.54, 1.807) is 11.3 Å². The number of nitrogens with one attached hydrogen (secondary N) is 2. The summed E-state index contributed by atoms with van der Waals surface area (Å²) in [5.41, 5.74) is 3.46. The number of benzene rings is 1. The first-order chi connectivity index (χ1) is 15.9. The van der Waals surface area contributed by atoms with Gasteiger partial charge in [-0.05, 0) is 56.7 Å². The summed E-state index contributed by atoms with van der Waals surface area (Å²) in [6.45, 7) is 7.49. The van der Waals surface area contributed by atoms with E-state index in [-0.39, 0.29) is 16.7 Å². The number of para-hydroxylation sites is 1. The zero-order valence-corrected chi connectivity index (χ0v) is 20.7. The summed E-state index contributed by atoms with van der Waals surface area (Å²) in [6, 6.07) is 8.41. The van der Waals surface area contributed by atoms with Crippen LogP contribution < -0.4 is 5.56 Å². The molecule has 172 valence electrons. The lowest BCUT2D eigenvalue weighted by Gasteiger charge is -2.33. The van der Waals surface area contributed by atoms with E-state index < -0.39 is 0 Å². The van der Waals surface area contributed by atoms with Crippen LogP contribution in [0.15, 0.2) is 35.3 Å². The number of aromatic amines is 2. The Kier molecular flexibility index (Phi) is 6.05. The number of aromatic nitrogens is 3. The summed E-state index contributed by atoms with van der Waals surface area (Å²) in [5, 5.41) is 1.80. The minimum atomic E-state index is -0.178. The van der Waals surface area contributed by atoms with Gasteiger partial charge in [0.25, 0.3) is 5.56 Å². The van der Waals surface area contributed by atoms with Crippen molar-refractivity contribution in [1.82, 2.24) is 19.9 Å². The van der Waals surface area contributed by atoms with E-state index in [0.29, 0.717) is 22.9 Å². The number of carbonyl (C=O) groups is 1. The van der Waals surface area contributed by atoms with Gasteiger partial charge in [-0.15, -0.1) is 23.1 Å². The molecule has 0 aliphatic carbocycles. The van der Waals surface area contributed by atoms with Crippen molar-refractivity contribution in [1.29, 1.82) is 0 Å². The van der Waals surface area contributed by atoms with Crippen LogP contribution in [0.5, 0.6) is 0 Å². The fraction of sp³-hybridized carbons (Fsp3) is 0.400. The van der Waals surface area contributed by atoms with Crippen LogP contribution in [0.3, 0.4) is 0 Å². The van der Waals surface area contributed by atoms with Gasteiger partial charge in [-0.2, -0.15) is 0 Å². The van der Waals surface area contributed by atoms with Crippen molar-refractivity contribution in [2.75, 3.05) is 13.1 Å². The number of fused-ring (bicyclic) bond motifs is 2. The Morgan fingerprint density at radius 1 is 1.27 bits per heavy atom. The highest BCUT2D eigenvalue weighted by molar-refractivity contribution is 7.99. The number of carbonyl (C=O) groups excluding carboxylic acids is 1. The Morgan fingerprint density at radius 2 is 2.03 bits per heavy atom. The van der Waals surface area contributed by atoms with Crippen molar-refractivity contribution in [3.05, 3.63) is 62.6 Å². The van der Waals surface area contributed by atoms with Gasteiger partial charge in [-0.3, -0.25) is 9.59 Å². The van der Waals surface area contributed by atoms with E-state index in [9.17, 15) is 9.59 Å². The molecule has 0 bridgehead atoms. The molecule has 0 radical (unpaired) electrons. The molecule has 1 fully saturated rings. The van der Waals surface area contributed by atoms with Gasteiger partial charge in [0.1, 0.15) is 10.7 Å². The normalized spacial score (nSPS) is 16.0. The first-order valence-electron chi connectivity index (χ1n) is 11.4. The number of nitrogens with zero attached hydrogens (tertiary/aromatic N) is 2. The Balaban J connectivity index is 1.19. The summed E-state index contributed by atoms with van der Waals surface area (Å²) in [4.78, 5) is 40.4. The van der Waals surface area contributed by atoms with Crippen molar-refractivity contribution < 1.29 is 4.79 Å². The second-order valence-electron chi connectivity index (χ2n) is 8.82. The van der Waals surface area contributed by atoms with Crippen molar-refractivity contribution >= 4 is 50.1 Å². The van der Waals surface area contributed by atoms with Crippen LogP contribution in [0, 0.1) is 13.8 Å². The quantitative estimate of drug-likeness (QED) is 0.416. The maximum absolute atomic E-state index is 13.1. The number of hydrogen-bond acceptors (Lipinski definition) is 5. The zero-order chi connectivity index (χ0) is 23.1. The van der Waals surface area contributed by atoms with Crippen molar-refractivity contribution in [3.63, 3.8) is 0 Å².